The van der Waals surface area contributed by atoms with Gasteiger partial charge in [-0.25, -0.2) is 4.79 Å². The van der Waals surface area contributed by atoms with E-state index in [1.807, 2.05) is 0 Å². The van der Waals surface area contributed by atoms with Crippen LogP contribution in [0, 0.1) is 11.8 Å². The normalized spacial score (nSPS) is 22.5. The summed E-state index contributed by atoms with van der Waals surface area (Å²) in [5.74, 6) is -2.31. The van der Waals surface area contributed by atoms with Gasteiger partial charge < -0.3 is 4.74 Å². The summed E-state index contributed by atoms with van der Waals surface area (Å²) in [5.41, 5.74) is 2.99. The Balaban J connectivity index is 1.69. The molecule has 1 aliphatic heterocycles. The topological polar surface area (TPSA) is 92.8 Å². The molecule has 0 unspecified atom stereocenters. The Morgan fingerprint density at radius 2 is 1.56 bits per heavy atom. The highest BCUT2D eigenvalue weighted by molar-refractivity contribution is 6.07. The molecule has 0 aromatic heterocycles. The Hall–Kier alpha value is -2.70. The van der Waals surface area contributed by atoms with E-state index in [0.29, 0.717) is 18.4 Å². The van der Waals surface area contributed by atoms with Crippen LogP contribution in [-0.4, -0.2) is 35.3 Å². The molecule has 2 atom stereocenters. The fraction of sp³-hybridized carbons (Fsp3) is 0.444. The SMILES string of the molecule is CCOC(=O)c1ccc(C(=O)NN2C(=O)[C@@H]3CCCC[C@H]3C2=O)cc1. The summed E-state index contributed by atoms with van der Waals surface area (Å²) in [4.78, 5) is 48.7. The summed E-state index contributed by atoms with van der Waals surface area (Å²) in [7, 11) is 0. The Morgan fingerprint density at radius 1 is 1.04 bits per heavy atom. The molecule has 1 saturated heterocycles. The number of esters is 1. The molecule has 1 saturated carbocycles. The number of rotatable bonds is 4. The van der Waals surface area contributed by atoms with Crippen LogP contribution in [0.5, 0.6) is 0 Å². The number of carbonyl (C=O) groups is 4. The van der Waals surface area contributed by atoms with Gasteiger partial charge >= 0.3 is 5.97 Å². The molecule has 1 aromatic rings. The summed E-state index contributed by atoms with van der Waals surface area (Å²) in [6, 6.07) is 5.86. The summed E-state index contributed by atoms with van der Waals surface area (Å²) in [6.45, 7) is 1.98. The standard InChI is InChI=1S/C18H20N2O5/c1-2-25-18(24)12-9-7-11(8-10-12)15(21)19-20-16(22)13-5-3-4-6-14(13)17(20)23/h7-10,13-14H,2-6H2,1H3,(H,19,21)/t13-,14-/m1/s1. The second-order valence-corrected chi connectivity index (χ2v) is 6.25. The van der Waals surface area contributed by atoms with Crippen molar-refractivity contribution in [1.29, 1.82) is 0 Å². The Morgan fingerprint density at radius 3 is 2.08 bits per heavy atom. The van der Waals surface area contributed by atoms with E-state index in [0.717, 1.165) is 17.9 Å². The number of imide groups is 1. The number of benzene rings is 1. The Kier molecular flexibility index (Phi) is 4.83. The van der Waals surface area contributed by atoms with Crippen molar-refractivity contribution in [2.75, 3.05) is 6.61 Å². The molecule has 7 heteroatoms. The van der Waals surface area contributed by atoms with Gasteiger partial charge in [0.2, 0.25) is 0 Å². The van der Waals surface area contributed by atoms with Gasteiger partial charge in [0.05, 0.1) is 24.0 Å². The molecule has 3 rings (SSSR count). The lowest BCUT2D eigenvalue weighted by Gasteiger charge is -2.19. The molecule has 3 amide bonds. The van der Waals surface area contributed by atoms with E-state index in [9.17, 15) is 19.2 Å². The highest BCUT2D eigenvalue weighted by Gasteiger charge is 2.49. The van der Waals surface area contributed by atoms with E-state index < -0.39 is 11.9 Å². The maximum atomic E-state index is 12.4. The van der Waals surface area contributed by atoms with Crippen molar-refractivity contribution in [3.63, 3.8) is 0 Å². The maximum Gasteiger partial charge on any atom is 0.338 e. The number of nitrogens with one attached hydrogen (secondary N) is 1. The molecule has 25 heavy (non-hydrogen) atoms. The van der Waals surface area contributed by atoms with Crippen molar-refractivity contribution < 1.29 is 23.9 Å². The van der Waals surface area contributed by atoms with Crippen LogP contribution in [0.4, 0.5) is 0 Å². The van der Waals surface area contributed by atoms with Crippen LogP contribution in [0.15, 0.2) is 24.3 Å². The summed E-state index contributed by atoms with van der Waals surface area (Å²) < 4.78 is 4.88. The molecular formula is C18H20N2O5. The molecule has 132 valence electrons. The van der Waals surface area contributed by atoms with E-state index in [1.54, 1.807) is 6.92 Å². The molecule has 2 fully saturated rings. The van der Waals surface area contributed by atoms with Crippen LogP contribution in [0.25, 0.3) is 0 Å². The lowest BCUT2D eigenvalue weighted by molar-refractivity contribution is -0.142. The molecule has 0 spiro atoms. The molecular weight excluding hydrogens is 324 g/mol. The van der Waals surface area contributed by atoms with E-state index in [-0.39, 0.29) is 35.8 Å². The minimum atomic E-state index is -0.559. The van der Waals surface area contributed by atoms with Gasteiger partial charge in [-0.05, 0) is 44.0 Å². The molecule has 1 heterocycles. The van der Waals surface area contributed by atoms with Gasteiger partial charge in [0.1, 0.15) is 0 Å². The van der Waals surface area contributed by atoms with Crippen molar-refractivity contribution in [2.24, 2.45) is 11.8 Å². The van der Waals surface area contributed by atoms with Crippen molar-refractivity contribution in [2.45, 2.75) is 32.6 Å². The van der Waals surface area contributed by atoms with Crippen LogP contribution >= 0.6 is 0 Å². The lowest BCUT2D eigenvalue weighted by Crippen LogP contribution is -2.46. The van der Waals surface area contributed by atoms with E-state index in [4.69, 9.17) is 4.74 Å². The van der Waals surface area contributed by atoms with Gasteiger partial charge in [0.15, 0.2) is 0 Å². The Labute approximate surface area is 145 Å². The van der Waals surface area contributed by atoms with Gasteiger partial charge in [-0.3, -0.25) is 19.8 Å². The van der Waals surface area contributed by atoms with Crippen molar-refractivity contribution in [1.82, 2.24) is 10.4 Å². The van der Waals surface area contributed by atoms with Gasteiger partial charge in [0, 0.05) is 5.56 Å². The number of hydrogen-bond donors (Lipinski definition) is 1. The zero-order valence-corrected chi connectivity index (χ0v) is 14.0. The summed E-state index contributed by atoms with van der Waals surface area (Å²) in [6.07, 6.45) is 3.24. The van der Waals surface area contributed by atoms with Crippen molar-refractivity contribution in [3.05, 3.63) is 35.4 Å². The Bertz CT molecular complexity index is 689. The highest BCUT2D eigenvalue weighted by atomic mass is 16.5. The average Bonchev–Trinajstić information content (AvgIpc) is 2.87. The predicted octanol–water partition coefficient (Wildman–Crippen LogP) is 1.68. The molecule has 7 nitrogen and oxygen atoms in total. The molecule has 1 aromatic carbocycles. The molecule has 1 N–H and O–H groups in total. The lowest BCUT2D eigenvalue weighted by atomic mass is 9.81. The van der Waals surface area contributed by atoms with E-state index in [2.05, 4.69) is 5.43 Å². The third-order valence-corrected chi connectivity index (χ3v) is 4.71. The first-order chi connectivity index (χ1) is 12.0. The predicted molar refractivity (Wildman–Crippen MR) is 87.2 cm³/mol. The van der Waals surface area contributed by atoms with Crippen LogP contribution in [-0.2, 0) is 14.3 Å². The highest BCUT2D eigenvalue weighted by Crippen LogP contribution is 2.37. The van der Waals surface area contributed by atoms with E-state index in [1.165, 1.54) is 24.3 Å². The van der Waals surface area contributed by atoms with Crippen LogP contribution in [0.1, 0.15) is 53.3 Å². The van der Waals surface area contributed by atoms with Crippen molar-refractivity contribution >= 4 is 23.7 Å². The fourth-order valence-corrected chi connectivity index (χ4v) is 3.41. The van der Waals surface area contributed by atoms with Crippen LogP contribution in [0.2, 0.25) is 0 Å². The third-order valence-electron chi connectivity index (χ3n) is 4.71. The molecule has 0 bridgehead atoms. The second-order valence-electron chi connectivity index (χ2n) is 6.25. The number of nitrogens with zero attached hydrogens (tertiary/aromatic N) is 1. The first-order valence-electron chi connectivity index (χ1n) is 8.49. The fourth-order valence-electron chi connectivity index (χ4n) is 3.41. The number of fused-ring (bicyclic) bond motifs is 1. The van der Waals surface area contributed by atoms with Gasteiger partial charge in [-0.1, -0.05) is 12.8 Å². The van der Waals surface area contributed by atoms with Crippen LogP contribution in [0.3, 0.4) is 0 Å². The van der Waals surface area contributed by atoms with Crippen LogP contribution < -0.4 is 5.43 Å². The second kappa shape index (κ2) is 7.04. The minimum absolute atomic E-state index is 0.253. The number of hydrogen-bond acceptors (Lipinski definition) is 5. The zero-order valence-electron chi connectivity index (χ0n) is 14.0. The summed E-state index contributed by atoms with van der Waals surface area (Å²) in [5, 5.41) is 0.863. The number of carbonyl (C=O) groups excluding carboxylic acids is 4. The third kappa shape index (κ3) is 3.26. The number of hydrazine groups is 1. The zero-order chi connectivity index (χ0) is 18.0. The van der Waals surface area contributed by atoms with Gasteiger partial charge in [-0.15, -0.1) is 0 Å². The average molecular weight is 344 g/mol. The first kappa shape index (κ1) is 17.1. The summed E-state index contributed by atoms with van der Waals surface area (Å²) >= 11 is 0. The number of ether oxygens (including phenoxy) is 1. The van der Waals surface area contributed by atoms with E-state index >= 15 is 0 Å². The maximum absolute atomic E-state index is 12.4. The molecule has 1 aliphatic carbocycles. The molecule has 0 radical (unpaired) electrons. The first-order valence-corrected chi connectivity index (χ1v) is 8.49. The minimum Gasteiger partial charge on any atom is -0.462 e. The van der Waals surface area contributed by atoms with Gasteiger partial charge in [-0.2, -0.15) is 5.01 Å². The quantitative estimate of drug-likeness (QED) is 0.663. The number of amides is 3. The largest absolute Gasteiger partial charge is 0.462 e. The molecule has 2 aliphatic rings. The van der Waals surface area contributed by atoms with Crippen molar-refractivity contribution in [3.8, 4) is 0 Å². The van der Waals surface area contributed by atoms with Gasteiger partial charge in [0.25, 0.3) is 17.7 Å². The monoisotopic (exact) mass is 344 g/mol. The smallest absolute Gasteiger partial charge is 0.338 e.